The molecule has 0 fully saturated rings. The molecule has 0 radical (unpaired) electrons. The van der Waals surface area contributed by atoms with E-state index >= 15 is 0 Å². The van der Waals surface area contributed by atoms with E-state index in [1.165, 1.54) is 11.3 Å². The van der Waals surface area contributed by atoms with E-state index in [1.54, 1.807) is 0 Å². The molecule has 0 amide bonds. The van der Waals surface area contributed by atoms with Crippen molar-refractivity contribution < 1.29 is 9.47 Å². The second-order valence-corrected chi connectivity index (χ2v) is 4.71. The molecule has 1 aromatic carbocycles. The van der Waals surface area contributed by atoms with E-state index in [1.807, 2.05) is 24.3 Å². The summed E-state index contributed by atoms with van der Waals surface area (Å²) in [5.41, 5.74) is 5.51. The second kappa shape index (κ2) is 6.20. The minimum Gasteiger partial charge on any atom is -0.490 e. The van der Waals surface area contributed by atoms with Crippen LogP contribution in [-0.4, -0.2) is 16.8 Å². The maximum absolute atomic E-state index is 5.66. The first-order valence-corrected chi connectivity index (χ1v) is 6.53. The van der Waals surface area contributed by atoms with E-state index < -0.39 is 0 Å². The molecule has 5 nitrogen and oxygen atoms in total. The lowest BCUT2D eigenvalue weighted by molar-refractivity contribution is 0.261. The normalized spacial score (nSPS) is 10.3. The van der Waals surface area contributed by atoms with Crippen LogP contribution in [0.3, 0.4) is 0 Å². The van der Waals surface area contributed by atoms with Gasteiger partial charge >= 0.3 is 0 Å². The van der Waals surface area contributed by atoms with Gasteiger partial charge in [0.2, 0.25) is 5.13 Å². The number of ether oxygens (including phenoxy) is 2. The van der Waals surface area contributed by atoms with Crippen molar-refractivity contribution in [2.24, 2.45) is 0 Å². The zero-order chi connectivity index (χ0) is 12.8. The molecule has 0 spiro atoms. The molecule has 1 heterocycles. The maximum Gasteiger partial charge on any atom is 0.203 e. The fourth-order valence-electron chi connectivity index (χ4n) is 1.37. The van der Waals surface area contributed by atoms with Crippen LogP contribution in [0, 0.1) is 0 Å². The predicted octanol–water partition coefficient (Wildman–Crippen LogP) is 2.49. The van der Waals surface area contributed by atoms with Gasteiger partial charge in [0.1, 0.15) is 6.61 Å². The topological polar surface area (TPSA) is 70.3 Å². The van der Waals surface area contributed by atoms with Gasteiger partial charge < -0.3 is 15.2 Å². The number of hydrogen-bond donors (Lipinski definition) is 1. The summed E-state index contributed by atoms with van der Waals surface area (Å²) in [6.07, 6.45) is 0.960. The van der Waals surface area contributed by atoms with Gasteiger partial charge in [0.15, 0.2) is 16.5 Å². The fraction of sp³-hybridized carbons (Fsp3) is 0.333. The Morgan fingerprint density at radius 3 is 2.50 bits per heavy atom. The molecule has 0 bridgehead atoms. The third-order valence-corrected chi connectivity index (χ3v) is 2.87. The molecule has 2 rings (SSSR count). The molecular formula is C12H15N3O2S. The monoisotopic (exact) mass is 265 g/mol. The number of nitrogens with zero attached hydrogens (tertiary/aromatic N) is 2. The number of rotatable bonds is 6. The van der Waals surface area contributed by atoms with Gasteiger partial charge in [-0.25, -0.2) is 0 Å². The summed E-state index contributed by atoms with van der Waals surface area (Å²) in [4.78, 5) is 0. The highest BCUT2D eigenvalue weighted by atomic mass is 32.1. The van der Waals surface area contributed by atoms with Gasteiger partial charge in [0.05, 0.1) is 6.61 Å². The average Bonchev–Trinajstić information content (AvgIpc) is 2.81. The summed E-state index contributed by atoms with van der Waals surface area (Å²) in [5.74, 6) is 1.46. The first-order chi connectivity index (χ1) is 8.79. The van der Waals surface area contributed by atoms with Crippen LogP contribution in [-0.2, 0) is 6.61 Å². The smallest absolute Gasteiger partial charge is 0.203 e. The molecule has 0 saturated carbocycles. The maximum atomic E-state index is 5.66. The third-order valence-electron chi connectivity index (χ3n) is 2.14. The van der Waals surface area contributed by atoms with Crippen LogP contribution in [0.1, 0.15) is 18.4 Å². The summed E-state index contributed by atoms with van der Waals surface area (Å²) in [6, 6.07) is 7.58. The van der Waals surface area contributed by atoms with Crippen LogP contribution >= 0.6 is 11.3 Å². The Bertz CT molecular complexity index is 502. The molecule has 2 N–H and O–H groups in total. The highest BCUT2D eigenvalue weighted by molar-refractivity contribution is 7.15. The Hall–Kier alpha value is -1.82. The zero-order valence-electron chi connectivity index (χ0n) is 10.1. The highest BCUT2D eigenvalue weighted by Crippen LogP contribution is 2.27. The van der Waals surface area contributed by atoms with Gasteiger partial charge in [-0.3, -0.25) is 0 Å². The van der Waals surface area contributed by atoms with Crippen molar-refractivity contribution in [1.29, 1.82) is 0 Å². The molecular weight excluding hydrogens is 250 g/mol. The standard InChI is InChI=1S/C12H15N3O2S/c1-2-7-16-9-5-3-4-6-10(9)17-8-11-14-15-12(13)18-11/h3-6H,2,7-8H2,1H3,(H2,13,15). The highest BCUT2D eigenvalue weighted by Gasteiger charge is 2.06. The summed E-state index contributed by atoms with van der Waals surface area (Å²) < 4.78 is 11.3. The summed E-state index contributed by atoms with van der Waals surface area (Å²) in [5, 5.41) is 8.83. The van der Waals surface area contributed by atoms with Gasteiger partial charge in [-0.15, -0.1) is 10.2 Å². The molecule has 0 unspecified atom stereocenters. The van der Waals surface area contributed by atoms with Crippen LogP contribution in [0.5, 0.6) is 11.5 Å². The minimum absolute atomic E-state index is 0.349. The van der Waals surface area contributed by atoms with E-state index in [2.05, 4.69) is 17.1 Å². The molecule has 0 aliphatic rings. The lowest BCUT2D eigenvalue weighted by atomic mass is 10.3. The molecule has 2 aromatic rings. The van der Waals surface area contributed by atoms with Crippen LogP contribution in [0.15, 0.2) is 24.3 Å². The molecule has 6 heteroatoms. The first kappa shape index (κ1) is 12.6. The predicted molar refractivity (Wildman–Crippen MR) is 70.9 cm³/mol. The molecule has 0 aliphatic carbocycles. The van der Waals surface area contributed by atoms with Crippen molar-refractivity contribution in [3.8, 4) is 11.5 Å². The van der Waals surface area contributed by atoms with Gasteiger partial charge in [-0.1, -0.05) is 30.4 Å². The van der Waals surface area contributed by atoms with E-state index in [0.717, 1.165) is 17.2 Å². The van der Waals surface area contributed by atoms with E-state index in [4.69, 9.17) is 15.2 Å². The molecule has 0 saturated heterocycles. The van der Waals surface area contributed by atoms with Crippen LogP contribution in [0.4, 0.5) is 5.13 Å². The molecule has 0 atom stereocenters. The van der Waals surface area contributed by atoms with Crippen LogP contribution in [0.2, 0.25) is 0 Å². The van der Waals surface area contributed by atoms with Gasteiger partial charge in [-0.2, -0.15) is 0 Å². The zero-order valence-corrected chi connectivity index (χ0v) is 10.9. The summed E-state index contributed by atoms with van der Waals surface area (Å²) in [7, 11) is 0. The SMILES string of the molecule is CCCOc1ccccc1OCc1nnc(N)s1. The second-order valence-electron chi connectivity index (χ2n) is 3.62. The van der Waals surface area contributed by atoms with E-state index in [-0.39, 0.29) is 0 Å². The summed E-state index contributed by atoms with van der Waals surface area (Å²) >= 11 is 1.32. The molecule has 18 heavy (non-hydrogen) atoms. The summed E-state index contributed by atoms with van der Waals surface area (Å²) in [6.45, 7) is 3.08. The number of nitrogen functional groups attached to an aromatic ring is 1. The van der Waals surface area contributed by atoms with Gasteiger partial charge in [0, 0.05) is 0 Å². The van der Waals surface area contributed by atoms with Crippen molar-refractivity contribution in [3.63, 3.8) is 0 Å². The Kier molecular flexibility index (Phi) is 4.35. The van der Waals surface area contributed by atoms with Crippen LogP contribution < -0.4 is 15.2 Å². The lowest BCUT2D eigenvalue weighted by Crippen LogP contribution is -2.00. The number of anilines is 1. The molecule has 96 valence electrons. The quantitative estimate of drug-likeness (QED) is 0.869. The minimum atomic E-state index is 0.349. The van der Waals surface area contributed by atoms with Crippen molar-refractivity contribution in [2.75, 3.05) is 12.3 Å². The lowest BCUT2D eigenvalue weighted by Gasteiger charge is -2.10. The Labute approximate surface area is 110 Å². The number of nitrogens with two attached hydrogens (primary N) is 1. The van der Waals surface area contributed by atoms with E-state index in [0.29, 0.717) is 24.1 Å². The van der Waals surface area contributed by atoms with Crippen molar-refractivity contribution in [2.45, 2.75) is 20.0 Å². The number of aromatic nitrogens is 2. The number of para-hydroxylation sites is 2. The Balaban J connectivity index is 1.99. The Morgan fingerprint density at radius 1 is 1.17 bits per heavy atom. The Morgan fingerprint density at radius 2 is 1.89 bits per heavy atom. The van der Waals surface area contributed by atoms with Gasteiger partial charge in [0.25, 0.3) is 0 Å². The number of hydrogen-bond acceptors (Lipinski definition) is 6. The number of benzene rings is 1. The van der Waals surface area contributed by atoms with Crippen molar-refractivity contribution in [3.05, 3.63) is 29.3 Å². The largest absolute Gasteiger partial charge is 0.490 e. The van der Waals surface area contributed by atoms with Crippen molar-refractivity contribution >= 4 is 16.5 Å². The molecule has 1 aromatic heterocycles. The van der Waals surface area contributed by atoms with Crippen molar-refractivity contribution in [1.82, 2.24) is 10.2 Å². The molecule has 0 aliphatic heterocycles. The third kappa shape index (κ3) is 3.33. The van der Waals surface area contributed by atoms with Gasteiger partial charge in [-0.05, 0) is 18.6 Å². The van der Waals surface area contributed by atoms with E-state index in [9.17, 15) is 0 Å². The average molecular weight is 265 g/mol. The fourth-order valence-corrected chi connectivity index (χ4v) is 1.89. The van der Waals surface area contributed by atoms with Crippen LogP contribution in [0.25, 0.3) is 0 Å². The first-order valence-electron chi connectivity index (χ1n) is 5.72.